The molecular formula is C27H26N4O3. The zero-order chi connectivity index (χ0) is 24.1. The molecule has 0 atom stereocenters. The number of hydrogen-bond donors (Lipinski definition) is 0. The summed E-state index contributed by atoms with van der Waals surface area (Å²) in [5, 5.41) is 15.6. The fourth-order valence-electron chi connectivity index (χ4n) is 4.02. The highest BCUT2D eigenvalue weighted by Gasteiger charge is 2.22. The van der Waals surface area contributed by atoms with Crippen molar-refractivity contribution in [1.82, 2.24) is 14.7 Å². The zero-order valence-electron chi connectivity index (χ0n) is 19.2. The summed E-state index contributed by atoms with van der Waals surface area (Å²) in [4.78, 5) is 26.1. The van der Waals surface area contributed by atoms with Crippen LogP contribution in [0.2, 0.25) is 0 Å². The van der Waals surface area contributed by atoms with Gasteiger partial charge in [0, 0.05) is 18.7 Å². The van der Waals surface area contributed by atoms with Gasteiger partial charge in [-0.3, -0.25) is 19.6 Å². The Labute approximate surface area is 198 Å². The van der Waals surface area contributed by atoms with E-state index >= 15 is 0 Å². The largest absolute Gasteiger partial charge is 0.330 e. The molecule has 4 rings (SSSR count). The molecule has 0 aliphatic carbocycles. The van der Waals surface area contributed by atoms with Crippen molar-refractivity contribution in [3.8, 4) is 0 Å². The molecule has 1 heterocycles. The molecule has 172 valence electrons. The maximum Gasteiger partial charge on any atom is 0.312 e. The Bertz CT molecular complexity index is 1240. The number of nitrogens with zero attached hydrogens (tertiary/aromatic N) is 4. The summed E-state index contributed by atoms with van der Waals surface area (Å²) in [6.45, 7) is 4.74. The lowest BCUT2D eigenvalue weighted by molar-refractivity contribution is -0.386. The predicted octanol–water partition coefficient (Wildman–Crippen LogP) is 5.30. The molecule has 1 aromatic heterocycles. The quantitative estimate of drug-likeness (QED) is 0.267. The van der Waals surface area contributed by atoms with E-state index in [1.165, 1.54) is 0 Å². The van der Waals surface area contributed by atoms with Crippen molar-refractivity contribution in [2.45, 2.75) is 33.5 Å². The number of aromatic nitrogens is 2. The second-order valence-electron chi connectivity index (χ2n) is 8.26. The average Bonchev–Trinajstić information content (AvgIpc) is 3.12. The Morgan fingerprint density at radius 1 is 0.853 bits per heavy atom. The van der Waals surface area contributed by atoms with E-state index in [0.29, 0.717) is 36.6 Å². The second kappa shape index (κ2) is 10.1. The minimum atomic E-state index is -0.399. The van der Waals surface area contributed by atoms with Gasteiger partial charge in [-0.2, -0.15) is 5.10 Å². The summed E-state index contributed by atoms with van der Waals surface area (Å²) in [6.07, 6.45) is 0. The molecule has 0 aliphatic heterocycles. The van der Waals surface area contributed by atoms with Crippen molar-refractivity contribution in [3.63, 3.8) is 0 Å². The summed E-state index contributed by atoms with van der Waals surface area (Å²) in [5.74, 6) is -0.0546. The van der Waals surface area contributed by atoms with Gasteiger partial charge in [0.1, 0.15) is 11.4 Å². The first-order valence-corrected chi connectivity index (χ1v) is 11.1. The van der Waals surface area contributed by atoms with Gasteiger partial charge in [-0.05, 0) is 42.7 Å². The van der Waals surface area contributed by atoms with Crippen molar-refractivity contribution >= 4 is 11.6 Å². The molecule has 34 heavy (non-hydrogen) atoms. The molecule has 4 aromatic rings. The van der Waals surface area contributed by atoms with E-state index in [2.05, 4.69) is 5.10 Å². The van der Waals surface area contributed by atoms with Crippen molar-refractivity contribution < 1.29 is 9.72 Å². The highest BCUT2D eigenvalue weighted by Crippen LogP contribution is 2.23. The maximum atomic E-state index is 13.4. The van der Waals surface area contributed by atoms with Gasteiger partial charge in [-0.15, -0.1) is 0 Å². The van der Waals surface area contributed by atoms with Gasteiger partial charge < -0.3 is 4.90 Å². The molecule has 3 aromatic carbocycles. The van der Waals surface area contributed by atoms with Gasteiger partial charge in [0.25, 0.3) is 5.91 Å². The van der Waals surface area contributed by atoms with Crippen LogP contribution in [0.4, 0.5) is 5.69 Å². The molecule has 0 fully saturated rings. The van der Waals surface area contributed by atoms with Crippen molar-refractivity contribution in [2.75, 3.05) is 0 Å². The van der Waals surface area contributed by atoms with Gasteiger partial charge in [0.15, 0.2) is 0 Å². The highest BCUT2D eigenvalue weighted by atomic mass is 16.6. The van der Waals surface area contributed by atoms with Gasteiger partial charge in [-0.1, -0.05) is 72.8 Å². The number of rotatable bonds is 8. The lowest BCUT2D eigenvalue weighted by atomic mass is 10.1. The van der Waals surface area contributed by atoms with E-state index < -0.39 is 4.92 Å². The van der Waals surface area contributed by atoms with Crippen LogP contribution in [0, 0.1) is 24.0 Å². The van der Waals surface area contributed by atoms with Crippen molar-refractivity contribution in [2.24, 2.45) is 0 Å². The molecule has 0 aliphatic rings. The number of amides is 1. The van der Waals surface area contributed by atoms with Crippen LogP contribution in [0.1, 0.15) is 38.4 Å². The number of carbonyl (C=O) groups is 1. The fraction of sp³-hybridized carbons (Fsp3) is 0.185. The normalized spacial score (nSPS) is 10.8. The first kappa shape index (κ1) is 22.9. The summed E-state index contributed by atoms with van der Waals surface area (Å²) in [7, 11) is 0. The topological polar surface area (TPSA) is 81.3 Å². The summed E-state index contributed by atoms with van der Waals surface area (Å²) in [5.41, 5.74) is 4.59. The Morgan fingerprint density at radius 2 is 1.38 bits per heavy atom. The first-order chi connectivity index (χ1) is 16.4. The second-order valence-corrected chi connectivity index (χ2v) is 8.26. The highest BCUT2D eigenvalue weighted by molar-refractivity contribution is 5.94. The Morgan fingerprint density at radius 3 is 1.85 bits per heavy atom. The van der Waals surface area contributed by atoms with Crippen LogP contribution in [0.5, 0.6) is 0 Å². The van der Waals surface area contributed by atoms with E-state index in [1.807, 2.05) is 77.7 Å². The molecule has 0 N–H and O–H groups in total. The standard InChI is InChI=1S/C27H26N4O3/c1-20-26(31(33)34)21(2)30(28-20)19-24-13-15-25(16-14-24)27(32)29(17-22-9-5-3-6-10-22)18-23-11-7-4-8-12-23/h3-16H,17-19H2,1-2H3. The van der Waals surface area contributed by atoms with Crippen LogP contribution in [0.25, 0.3) is 0 Å². The Hall–Kier alpha value is -4.26. The first-order valence-electron chi connectivity index (χ1n) is 11.1. The van der Waals surface area contributed by atoms with Crippen LogP contribution in [0.3, 0.4) is 0 Å². The molecule has 0 bridgehead atoms. The molecule has 1 amide bonds. The number of nitro groups is 1. The minimum absolute atomic E-state index is 0.0456. The van der Waals surface area contributed by atoms with Crippen molar-refractivity contribution in [1.29, 1.82) is 0 Å². The smallest absolute Gasteiger partial charge is 0.312 e. The van der Waals surface area contributed by atoms with Crippen LogP contribution >= 0.6 is 0 Å². The van der Waals surface area contributed by atoms with Crippen LogP contribution in [-0.4, -0.2) is 25.5 Å². The molecule has 0 saturated heterocycles. The monoisotopic (exact) mass is 454 g/mol. The summed E-state index contributed by atoms with van der Waals surface area (Å²) >= 11 is 0. The lowest BCUT2D eigenvalue weighted by Gasteiger charge is -2.23. The number of aryl methyl sites for hydroxylation is 1. The molecule has 0 spiro atoms. The summed E-state index contributed by atoms with van der Waals surface area (Å²) in [6, 6.07) is 27.2. The van der Waals surface area contributed by atoms with E-state index in [-0.39, 0.29) is 11.6 Å². The number of benzene rings is 3. The Kier molecular flexibility index (Phi) is 6.82. The number of carbonyl (C=O) groups excluding carboxylic acids is 1. The van der Waals surface area contributed by atoms with Crippen LogP contribution in [0.15, 0.2) is 84.9 Å². The Balaban J connectivity index is 1.54. The predicted molar refractivity (Wildman–Crippen MR) is 130 cm³/mol. The van der Waals surface area contributed by atoms with E-state index in [0.717, 1.165) is 16.7 Å². The third-order valence-corrected chi connectivity index (χ3v) is 5.78. The van der Waals surface area contributed by atoms with Gasteiger partial charge >= 0.3 is 5.69 Å². The van der Waals surface area contributed by atoms with E-state index in [9.17, 15) is 14.9 Å². The van der Waals surface area contributed by atoms with Gasteiger partial charge in [0.05, 0.1) is 11.5 Å². The molecule has 0 saturated carbocycles. The maximum absolute atomic E-state index is 13.4. The molecule has 0 unspecified atom stereocenters. The summed E-state index contributed by atoms with van der Waals surface area (Å²) < 4.78 is 1.63. The molecular weight excluding hydrogens is 428 g/mol. The van der Waals surface area contributed by atoms with Crippen LogP contribution in [-0.2, 0) is 19.6 Å². The average molecular weight is 455 g/mol. The SMILES string of the molecule is Cc1nn(Cc2ccc(C(=O)N(Cc3ccccc3)Cc3ccccc3)cc2)c(C)c1[N+](=O)[O-]. The van der Waals surface area contributed by atoms with E-state index in [4.69, 9.17) is 0 Å². The van der Waals surface area contributed by atoms with E-state index in [1.54, 1.807) is 30.7 Å². The number of hydrogen-bond acceptors (Lipinski definition) is 4. The third kappa shape index (κ3) is 5.20. The van der Waals surface area contributed by atoms with Gasteiger partial charge in [-0.25, -0.2) is 0 Å². The third-order valence-electron chi connectivity index (χ3n) is 5.78. The molecule has 0 radical (unpaired) electrons. The minimum Gasteiger partial charge on any atom is -0.330 e. The lowest BCUT2D eigenvalue weighted by Crippen LogP contribution is -2.30. The molecule has 7 heteroatoms. The van der Waals surface area contributed by atoms with Crippen LogP contribution < -0.4 is 0 Å². The molecule has 7 nitrogen and oxygen atoms in total. The van der Waals surface area contributed by atoms with Crippen molar-refractivity contribution in [3.05, 3.63) is 129 Å². The fourth-order valence-corrected chi connectivity index (χ4v) is 4.02. The van der Waals surface area contributed by atoms with Gasteiger partial charge in [0.2, 0.25) is 0 Å². The zero-order valence-corrected chi connectivity index (χ0v) is 19.2.